The molecule has 0 spiro atoms. The first-order chi connectivity index (χ1) is 9.61. The molecule has 2 saturated heterocycles. The maximum Gasteiger partial charge on any atom is 0.227 e. The normalized spacial score (nSPS) is 31.1. The highest BCUT2D eigenvalue weighted by Gasteiger charge is 2.34. The first-order valence-electron chi connectivity index (χ1n) is 7.94. The molecule has 2 N–H and O–H groups in total. The zero-order chi connectivity index (χ0) is 14.5. The summed E-state index contributed by atoms with van der Waals surface area (Å²) in [6, 6.07) is 0.785. The second kappa shape index (κ2) is 7.38. The summed E-state index contributed by atoms with van der Waals surface area (Å²) >= 11 is 0. The number of nitrogens with one attached hydrogen (secondary N) is 2. The Morgan fingerprint density at radius 3 is 2.85 bits per heavy atom. The van der Waals surface area contributed by atoms with Crippen molar-refractivity contribution in [2.75, 3.05) is 39.4 Å². The topological polar surface area (TPSA) is 53.6 Å². The Morgan fingerprint density at radius 1 is 1.40 bits per heavy atom. The fourth-order valence-corrected chi connectivity index (χ4v) is 3.15. The van der Waals surface area contributed by atoms with Crippen molar-refractivity contribution in [2.24, 2.45) is 11.8 Å². The number of hydrogen-bond acceptors (Lipinski definition) is 4. The minimum Gasteiger partial charge on any atom is -0.379 e. The molecule has 5 heteroatoms. The number of carbonyl (C=O) groups is 1. The van der Waals surface area contributed by atoms with Crippen molar-refractivity contribution in [3.05, 3.63) is 0 Å². The molecule has 0 aromatic heterocycles. The molecule has 5 nitrogen and oxygen atoms in total. The van der Waals surface area contributed by atoms with Crippen LogP contribution in [0.2, 0.25) is 0 Å². The van der Waals surface area contributed by atoms with E-state index < -0.39 is 0 Å². The van der Waals surface area contributed by atoms with Crippen LogP contribution in [0.25, 0.3) is 0 Å². The van der Waals surface area contributed by atoms with Crippen LogP contribution >= 0.6 is 0 Å². The number of ether oxygens (including phenoxy) is 1. The minimum absolute atomic E-state index is 0.0300. The SMILES string of the molecule is CCNC1COCC1C(=O)NCC1CCN(C(C)C)C1. The second-order valence-electron chi connectivity index (χ2n) is 6.30. The molecule has 2 fully saturated rings. The van der Waals surface area contributed by atoms with Gasteiger partial charge in [0, 0.05) is 25.2 Å². The zero-order valence-corrected chi connectivity index (χ0v) is 13.0. The van der Waals surface area contributed by atoms with Crippen LogP contribution in [-0.4, -0.2) is 62.3 Å². The van der Waals surface area contributed by atoms with Crippen LogP contribution < -0.4 is 10.6 Å². The standard InChI is InChI=1S/C15H29N3O2/c1-4-16-14-10-20-9-13(14)15(19)17-7-12-5-6-18(8-12)11(2)3/h11-14,16H,4-10H2,1-3H3,(H,17,19). The largest absolute Gasteiger partial charge is 0.379 e. The van der Waals surface area contributed by atoms with Crippen molar-refractivity contribution in [3.8, 4) is 0 Å². The molecule has 0 aliphatic carbocycles. The van der Waals surface area contributed by atoms with Gasteiger partial charge >= 0.3 is 0 Å². The van der Waals surface area contributed by atoms with Crippen molar-refractivity contribution >= 4 is 5.91 Å². The van der Waals surface area contributed by atoms with E-state index in [1.54, 1.807) is 0 Å². The van der Waals surface area contributed by atoms with Gasteiger partial charge in [-0.05, 0) is 39.3 Å². The van der Waals surface area contributed by atoms with Gasteiger partial charge in [-0.3, -0.25) is 4.79 Å². The Bertz CT molecular complexity index is 322. The Balaban J connectivity index is 1.72. The van der Waals surface area contributed by atoms with Crippen LogP contribution in [0.3, 0.4) is 0 Å². The van der Waals surface area contributed by atoms with Crippen LogP contribution in [-0.2, 0) is 9.53 Å². The highest BCUT2D eigenvalue weighted by molar-refractivity contribution is 5.79. The smallest absolute Gasteiger partial charge is 0.227 e. The predicted octanol–water partition coefficient (Wildman–Crippen LogP) is 0.457. The maximum atomic E-state index is 12.3. The quantitative estimate of drug-likeness (QED) is 0.743. The van der Waals surface area contributed by atoms with Crippen molar-refractivity contribution < 1.29 is 9.53 Å². The van der Waals surface area contributed by atoms with Crippen molar-refractivity contribution in [2.45, 2.75) is 39.3 Å². The van der Waals surface area contributed by atoms with Gasteiger partial charge in [0.25, 0.3) is 0 Å². The van der Waals surface area contributed by atoms with Crippen molar-refractivity contribution in [1.82, 2.24) is 15.5 Å². The molecule has 2 rings (SSSR count). The van der Waals surface area contributed by atoms with E-state index in [0.29, 0.717) is 25.2 Å². The van der Waals surface area contributed by atoms with Crippen LogP contribution in [0.15, 0.2) is 0 Å². The molecule has 116 valence electrons. The third kappa shape index (κ3) is 3.93. The molecule has 0 radical (unpaired) electrons. The molecule has 0 saturated carbocycles. The van der Waals surface area contributed by atoms with Gasteiger partial charge < -0.3 is 20.3 Å². The number of likely N-dealkylation sites (tertiary alicyclic amines) is 1. The molecule has 20 heavy (non-hydrogen) atoms. The van der Waals surface area contributed by atoms with Crippen molar-refractivity contribution in [3.63, 3.8) is 0 Å². The molecule has 0 aromatic rings. The minimum atomic E-state index is -0.0300. The summed E-state index contributed by atoms with van der Waals surface area (Å²) in [7, 11) is 0. The second-order valence-corrected chi connectivity index (χ2v) is 6.30. The van der Waals surface area contributed by atoms with E-state index in [1.165, 1.54) is 6.42 Å². The van der Waals surface area contributed by atoms with Crippen LogP contribution in [0.1, 0.15) is 27.2 Å². The van der Waals surface area contributed by atoms with Gasteiger partial charge in [0.1, 0.15) is 0 Å². The van der Waals surface area contributed by atoms with Gasteiger partial charge in [-0.25, -0.2) is 0 Å². The molecule has 1 amide bonds. The summed E-state index contributed by atoms with van der Waals surface area (Å²) in [5, 5.41) is 6.46. The summed E-state index contributed by atoms with van der Waals surface area (Å²) in [6.45, 7) is 11.7. The molecule has 0 bridgehead atoms. The van der Waals surface area contributed by atoms with E-state index in [4.69, 9.17) is 4.74 Å². The van der Waals surface area contributed by atoms with E-state index in [0.717, 1.165) is 26.2 Å². The Morgan fingerprint density at radius 2 is 2.20 bits per heavy atom. The van der Waals surface area contributed by atoms with Crippen molar-refractivity contribution in [1.29, 1.82) is 0 Å². The third-order valence-corrected chi connectivity index (χ3v) is 4.50. The van der Waals surface area contributed by atoms with E-state index in [9.17, 15) is 4.79 Å². The fourth-order valence-electron chi connectivity index (χ4n) is 3.15. The molecule has 3 unspecified atom stereocenters. The Hall–Kier alpha value is -0.650. The average Bonchev–Trinajstić information content (AvgIpc) is 3.05. The number of amides is 1. The van der Waals surface area contributed by atoms with Gasteiger partial charge in [-0.1, -0.05) is 6.92 Å². The van der Waals surface area contributed by atoms with Crippen LogP contribution in [0.5, 0.6) is 0 Å². The molecule has 3 atom stereocenters. The third-order valence-electron chi connectivity index (χ3n) is 4.50. The number of nitrogens with zero attached hydrogens (tertiary/aromatic N) is 1. The van der Waals surface area contributed by atoms with E-state index in [1.807, 2.05) is 0 Å². The lowest BCUT2D eigenvalue weighted by Gasteiger charge is -2.21. The van der Waals surface area contributed by atoms with E-state index >= 15 is 0 Å². The highest BCUT2D eigenvalue weighted by atomic mass is 16.5. The number of likely N-dealkylation sites (N-methyl/N-ethyl adjacent to an activating group) is 1. The number of carbonyl (C=O) groups excluding carboxylic acids is 1. The summed E-state index contributed by atoms with van der Waals surface area (Å²) in [6.07, 6.45) is 1.19. The first kappa shape index (κ1) is 15.7. The molecule has 2 aliphatic heterocycles. The first-order valence-corrected chi connectivity index (χ1v) is 7.94. The summed E-state index contributed by atoms with van der Waals surface area (Å²) in [4.78, 5) is 14.7. The molecule has 2 heterocycles. The van der Waals surface area contributed by atoms with E-state index in [-0.39, 0.29) is 17.9 Å². The molecular weight excluding hydrogens is 254 g/mol. The van der Waals surface area contributed by atoms with Gasteiger partial charge in [-0.2, -0.15) is 0 Å². The van der Waals surface area contributed by atoms with Gasteiger partial charge in [0.2, 0.25) is 5.91 Å². The molecule has 2 aliphatic rings. The average molecular weight is 283 g/mol. The fraction of sp³-hybridized carbons (Fsp3) is 0.933. The number of hydrogen-bond donors (Lipinski definition) is 2. The summed E-state index contributed by atoms with van der Waals surface area (Å²) in [5.74, 6) is 0.718. The zero-order valence-electron chi connectivity index (χ0n) is 13.0. The lowest BCUT2D eigenvalue weighted by atomic mass is 10.0. The Kier molecular flexibility index (Phi) is 5.81. The lowest BCUT2D eigenvalue weighted by Crippen LogP contribution is -2.45. The molecule has 0 aromatic carbocycles. The molecular formula is C15H29N3O2. The van der Waals surface area contributed by atoms with Gasteiger partial charge in [-0.15, -0.1) is 0 Å². The summed E-state index contributed by atoms with van der Waals surface area (Å²) in [5.41, 5.74) is 0. The monoisotopic (exact) mass is 283 g/mol. The predicted molar refractivity (Wildman–Crippen MR) is 79.6 cm³/mol. The summed E-state index contributed by atoms with van der Waals surface area (Å²) < 4.78 is 5.43. The van der Waals surface area contributed by atoms with Gasteiger partial charge in [0.15, 0.2) is 0 Å². The van der Waals surface area contributed by atoms with Crippen LogP contribution in [0.4, 0.5) is 0 Å². The highest BCUT2D eigenvalue weighted by Crippen LogP contribution is 2.18. The lowest BCUT2D eigenvalue weighted by molar-refractivity contribution is -0.125. The number of rotatable bonds is 6. The maximum absolute atomic E-state index is 12.3. The Labute approximate surface area is 122 Å². The van der Waals surface area contributed by atoms with E-state index in [2.05, 4.69) is 36.3 Å². The van der Waals surface area contributed by atoms with Gasteiger partial charge in [0.05, 0.1) is 19.1 Å². The van der Waals surface area contributed by atoms with Crippen LogP contribution in [0, 0.1) is 11.8 Å².